The van der Waals surface area contributed by atoms with Gasteiger partial charge in [0.1, 0.15) is 6.54 Å². The number of benzene rings is 1. The van der Waals surface area contributed by atoms with E-state index >= 15 is 0 Å². The SMILES string of the molecule is NC=O.O=CN(CC(=O)N(Cc1ccc(C(F)F)cc1)C1CCC1)c1ncc(Cl)cc1F. The van der Waals surface area contributed by atoms with Crippen molar-refractivity contribution in [3.8, 4) is 0 Å². The number of anilines is 1. The largest absolute Gasteiger partial charge is 0.372 e. The van der Waals surface area contributed by atoms with Gasteiger partial charge in [0.05, 0.1) is 5.02 Å². The normalized spacial score (nSPS) is 12.9. The molecule has 1 saturated carbocycles. The molecule has 0 unspecified atom stereocenters. The molecule has 0 spiro atoms. The van der Waals surface area contributed by atoms with E-state index in [9.17, 15) is 22.8 Å². The third kappa shape index (κ3) is 6.68. The second-order valence-corrected chi connectivity index (χ2v) is 7.41. The number of amides is 3. The Morgan fingerprint density at radius 1 is 1.25 bits per heavy atom. The Balaban J connectivity index is 0.00000114. The molecule has 1 aromatic carbocycles. The Hall–Kier alpha value is -3.14. The van der Waals surface area contributed by atoms with Gasteiger partial charge in [-0.2, -0.15) is 0 Å². The van der Waals surface area contributed by atoms with Gasteiger partial charge in [-0.3, -0.25) is 19.3 Å². The maximum absolute atomic E-state index is 14.1. The minimum absolute atomic E-state index is 0.00574. The third-order valence-electron chi connectivity index (χ3n) is 4.91. The Bertz CT molecular complexity index is 927. The van der Waals surface area contributed by atoms with E-state index in [0.717, 1.165) is 30.2 Å². The molecule has 0 saturated heterocycles. The lowest BCUT2D eigenvalue weighted by molar-refractivity contribution is -0.135. The standard InChI is InChI=1S/C20H19ClF3N3O2.CH3NO/c21-15-8-17(22)20(25-9-15)26(12-28)11-18(29)27(16-2-1-3-16)10-13-4-6-14(7-5-13)19(23)24;2-1-3/h4-9,12,16,19H,1-3,10-11H2;1H,(H2,2,3). The summed E-state index contributed by atoms with van der Waals surface area (Å²) in [6, 6.07) is 6.77. The molecule has 7 nitrogen and oxygen atoms in total. The average molecular weight is 471 g/mol. The van der Waals surface area contributed by atoms with Gasteiger partial charge in [0.15, 0.2) is 11.6 Å². The lowest BCUT2D eigenvalue weighted by Gasteiger charge is -2.38. The van der Waals surface area contributed by atoms with Crippen LogP contribution in [0.4, 0.5) is 19.0 Å². The van der Waals surface area contributed by atoms with Gasteiger partial charge in [0.25, 0.3) is 6.43 Å². The zero-order chi connectivity index (χ0) is 23.7. The molecule has 1 heterocycles. The minimum Gasteiger partial charge on any atom is -0.372 e. The molecule has 2 N–H and O–H groups in total. The van der Waals surface area contributed by atoms with E-state index in [4.69, 9.17) is 16.4 Å². The fourth-order valence-electron chi connectivity index (χ4n) is 3.10. The molecule has 1 fully saturated rings. The van der Waals surface area contributed by atoms with Crippen molar-refractivity contribution in [1.82, 2.24) is 9.88 Å². The number of carbonyl (C=O) groups is 3. The highest BCUT2D eigenvalue weighted by molar-refractivity contribution is 6.30. The summed E-state index contributed by atoms with van der Waals surface area (Å²) in [5.41, 5.74) is 4.77. The quantitative estimate of drug-likeness (QED) is 0.597. The summed E-state index contributed by atoms with van der Waals surface area (Å²) in [4.78, 5) is 39.2. The average Bonchev–Trinajstić information content (AvgIpc) is 2.71. The van der Waals surface area contributed by atoms with Gasteiger partial charge < -0.3 is 10.6 Å². The summed E-state index contributed by atoms with van der Waals surface area (Å²) in [6.45, 7) is -0.170. The van der Waals surface area contributed by atoms with Crippen LogP contribution in [-0.4, -0.2) is 41.2 Å². The highest BCUT2D eigenvalue weighted by atomic mass is 35.5. The zero-order valence-electron chi connectivity index (χ0n) is 17.0. The minimum atomic E-state index is -2.56. The number of hydrogen-bond donors (Lipinski definition) is 1. The van der Waals surface area contributed by atoms with E-state index in [2.05, 4.69) is 10.7 Å². The monoisotopic (exact) mass is 470 g/mol. The van der Waals surface area contributed by atoms with E-state index in [0.29, 0.717) is 12.0 Å². The van der Waals surface area contributed by atoms with Crippen molar-refractivity contribution in [1.29, 1.82) is 0 Å². The number of carbonyl (C=O) groups excluding carboxylic acids is 3. The summed E-state index contributed by atoms with van der Waals surface area (Å²) >= 11 is 5.68. The lowest BCUT2D eigenvalue weighted by Crippen LogP contribution is -2.48. The Labute approximate surface area is 188 Å². The Morgan fingerprint density at radius 2 is 1.88 bits per heavy atom. The van der Waals surface area contributed by atoms with Crippen LogP contribution in [-0.2, 0) is 20.9 Å². The van der Waals surface area contributed by atoms with Crippen molar-refractivity contribution >= 4 is 36.1 Å². The number of nitrogens with two attached hydrogens (primary N) is 1. The summed E-state index contributed by atoms with van der Waals surface area (Å²) in [5.74, 6) is -1.47. The highest BCUT2D eigenvalue weighted by Crippen LogP contribution is 2.28. The number of rotatable bonds is 8. The molecule has 0 atom stereocenters. The summed E-state index contributed by atoms with van der Waals surface area (Å²) in [6.07, 6.45) is 1.83. The molecule has 0 radical (unpaired) electrons. The number of primary amides is 1. The highest BCUT2D eigenvalue weighted by Gasteiger charge is 2.30. The molecule has 0 aliphatic heterocycles. The first-order valence-corrected chi connectivity index (χ1v) is 10.0. The summed E-state index contributed by atoms with van der Waals surface area (Å²) in [5, 5.41) is 0.0757. The van der Waals surface area contributed by atoms with Crippen molar-refractivity contribution in [2.24, 2.45) is 5.73 Å². The maximum atomic E-state index is 14.1. The molecule has 2 aromatic rings. The Kier molecular flexibility index (Phi) is 9.45. The van der Waals surface area contributed by atoms with Crippen LogP contribution in [0, 0.1) is 5.82 Å². The van der Waals surface area contributed by atoms with Crippen LogP contribution in [0.3, 0.4) is 0 Å². The van der Waals surface area contributed by atoms with Crippen LogP contribution < -0.4 is 10.6 Å². The van der Waals surface area contributed by atoms with Gasteiger partial charge in [0.2, 0.25) is 18.7 Å². The molecule has 0 bridgehead atoms. The van der Waals surface area contributed by atoms with E-state index in [1.165, 1.54) is 18.3 Å². The van der Waals surface area contributed by atoms with Crippen molar-refractivity contribution in [3.05, 3.63) is 58.5 Å². The number of halogens is 4. The molecular formula is C21H22ClF3N4O3. The van der Waals surface area contributed by atoms with Gasteiger partial charge in [-0.1, -0.05) is 35.9 Å². The second kappa shape index (κ2) is 12.0. The van der Waals surface area contributed by atoms with Crippen molar-refractivity contribution in [2.75, 3.05) is 11.4 Å². The van der Waals surface area contributed by atoms with Gasteiger partial charge in [-0.15, -0.1) is 0 Å². The van der Waals surface area contributed by atoms with E-state index in [1.807, 2.05) is 0 Å². The van der Waals surface area contributed by atoms with E-state index in [1.54, 1.807) is 17.0 Å². The molecule has 172 valence electrons. The predicted molar refractivity (Wildman–Crippen MR) is 112 cm³/mol. The van der Waals surface area contributed by atoms with E-state index < -0.39 is 12.2 Å². The molecule has 1 aliphatic carbocycles. The van der Waals surface area contributed by atoms with Crippen LogP contribution in [0.15, 0.2) is 36.5 Å². The number of alkyl halides is 2. The van der Waals surface area contributed by atoms with E-state index in [-0.39, 0.29) is 47.9 Å². The van der Waals surface area contributed by atoms with Crippen LogP contribution in [0.5, 0.6) is 0 Å². The maximum Gasteiger partial charge on any atom is 0.263 e. The van der Waals surface area contributed by atoms with Crippen LogP contribution in [0.25, 0.3) is 0 Å². The third-order valence-corrected chi connectivity index (χ3v) is 5.12. The van der Waals surface area contributed by atoms with Gasteiger partial charge >= 0.3 is 0 Å². The first-order chi connectivity index (χ1) is 15.3. The smallest absolute Gasteiger partial charge is 0.263 e. The van der Waals surface area contributed by atoms with Crippen LogP contribution in [0.1, 0.15) is 36.8 Å². The molecule has 11 heteroatoms. The Morgan fingerprint density at radius 3 is 2.34 bits per heavy atom. The molecule has 3 rings (SSSR count). The molecule has 32 heavy (non-hydrogen) atoms. The first kappa shape index (κ1) is 25.1. The molecular weight excluding hydrogens is 449 g/mol. The number of hydrogen-bond acceptors (Lipinski definition) is 4. The zero-order valence-corrected chi connectivity index (χ0v) is 17.7. The molecule has 1 aromatic heterocycles. The van der Waals surface area contributed by atoms with Crippen molar-refractivity contribution < 1.29 is 27.6 Å². The fraction of sp³-hybridized carbons (Fsp3) is 0.333. The lowest BCUT2D eigenvalue weighted by atomic mass is 9.91. The number of nitrogens with zero attached hydrogens (tertiary/aromatic N) is 3. The van der Waals surface area contributed by atoms with Gasteiger partial charge in [0, 0.05) is 24.3 Å². The van der Waals surface area contributed by atoms with Crippen molar-refractivity contribution in [3.63, 3.8) is 0 Å². The molecule has 1 aliphatic rings. The summed E-state index contributed by atoms with van der Waals surface area (Å²) < 4.78 is 39.6. The van der Waals surface area contributed by atoms with Gasteiger partial charge in [-0.05, 0) is 30.9 Å². The predicted octanol–water partition coefficient (Wildman–Crippen LogP) is 3.46. The second-order valence-electron chi connectivity index (χ2n) is 6.98. The van der Waals surface area contributed by atoms with Crippen LogP contribution in [0.2, 0.25) is 5.02 Å². The van der Waals surface area contributed by atoms with Gasteiger partial charge in [-0.25, -0.2) is 18.2 Å². The first-order valence-electron chi connectivity index (χ1n) is 9.65. The fourth-order valence-corrected chi connectivity index (χ4v) is 3.25. The number of pyridine rings is 1. The molecule has 3 amide bonds. The topological polar surface area (TPSA) is 96.6 Å². The summed E-state index contributed by atoms with van der Waals surface area (Å²) in [7, 11) is 0. The van der Waals surface area contributed by atoms with Crippen LogP contribution >= 0.6 is 11.6 Å². The van der Waals surface area contributed by atoms with Crippen molar-refractivity contribution in [2.45, 2.75) is 38.3 Å². The number of aromatic nitrogens is 1.